The highest BCUT2D eigenvalue weighted by Gasteiger charge is 2.25. The van der Waals surface area contributed by atoms with Crippen molar-refractivity contribution in [3.63, 3.8) is 0 Å². The number of hydrogen-bond acceptors (Lipinski definition) is 6. The summed E-state index contributed by atoms with van der Waals surface area (Å²) in [6, 6.07) is 14.4. The van der Waals surface area contributed by atoms with Gasteiger partial charge in [-0.05, 0) is 71.3 Å². The van der Waals surface area contributed by atoms with Crippen LogP contribution in [0, 0.1) is 0 Å². The third-order valence-corrected chi connectivity index (χ3v) is 7.05. The third kappa shape index (κ3) is 4.91. The van der Waals surface area contributed by atoms with E-state index in [1.807, 2.05) is 23.6 Å². The van der Waals surface area contributed by atoms with Gasteiger partial charge in [-0.1, -0.05) is 12.1 Å². The van der Waals surface area contributed by atoms with Crippen molar-refractivity contribution >= 4 is 40.4 Å². The van der Waals surface area contributed by atoms with E-state index in [4.69, 9.17) is 4.74 Å². The molecule has 2 aliphatic rings. The molecule has 180 valence electrons. The quantitative estimate of drug-likeness (QED) is 0.476. The smallest absolute Gasteiger partial charge is 0.313 e. The van der Waals surface area contributed by atoms with Gasteiger partial charge in [0.25, 0.3) is 5.91 Å². The van der Waals surface area contributed by atoms with Crippen LogP contribution in [-0.2, 0) is 22.4 Å². The van der Waals surface area contributed by atoms with Crippen molar-refractivity contribution in [2.45, 2.75) is 25.4 Å². The van der Waals surface area contributed by atoms with E-state index in [0.717, 1.165) is 41.8 Å². The standard InChI is InChI=1S/C26H25N3O5S/c30-21(17-5-8-22-18(13-17)9-11-34-22)15-27-24(31)25(32)28-19-6-7-20-16(14-19)3-1-10-29(20)26(33)23-4-2-12-35-23/h2,4-8,12-14,21,30H,1,3,9-11,15H2,(H,27,31)(H,28,32)/t21-/m1/s1. The Morgan fingerprint density at radius 1 is 1.06 bits per heavy atom. The number of carbonyl (C=O) groups excluding carboxylic acids is 3. The van der Waals surface area contributed by atoms with Crippen LogP contribution < -0.4 is 20.3 Å². The van der Waals surface area contributed by atoms with Gasteiger partial charge in [0, 0.05) is 30.9 Å². The Bertz CT molecular complexity index is 1270. The number of carbonyl (C=O) groups is 3. The Balaban J connectivity index is 1.19. The molecule has 0 radical (unpaired) electrons. The second kappa shape index (κ2) is 9.89. The topological polar surface area (TPSA) is 108 Å². The molecule has 0 bridgehead atoms. The first kappa shape index (κ1) is 23.1. The van der Waals surface area contributed by atoms with Crippen molar-refractivity contribution in [2.75, 3.05) is 29.9 Å². The molecule has 0 fully saturated rings. The van der Waals surface area contributed by atoms with Crippen LogP contribution in [0.2, 0.25) is 0 Å². The minimum atomic E-state index is -0.937. The Kier molecular flexibility index (Phi) is 6.52. The number of aryl methyl sites for hydroxylation is 1. The summed E-state index contributed by atoms with van der Waals surface area (Å²) in [5.41, 5.74) is 3.92. The van der Waals surface area contributed by atoms with Gasteiger partial charge in [-0.25, -0.2) is 0 Å². The molecule has 2 aliphatic heterocycles. The second-order valence-electron chi connectivity index (χ2n) is 8.53. The Labute approximate surface area is 206 Å². The number of fused-ring (bicyclic) bond motifs is 2. The van der Waals surface area contributed by atoms with Gasteiger partial charge in [-0.2, -0.15) is 0 Å². The summed E-state index contributed by atoms with van der Waals surface area (Å²) in [6.45, 7) is 1.17. The lowest BCUT2D eigenvalue weighted by atomic mass is 10.0. The highest BCUT2D eigenvalue weighted by atomic mass is 32.1. The summed E-state index contributed by atoms with van der Waals surface area (Å²) >= 11 is 1.41. The Hall–Kier alpha value is -3.69. The van der Waals surface area contributed by atoms with Crippen molar-refractivity contribution in [3.05, 3.63) is 75.5 Å². The fourth-order valence-electron chi connectivity index (χ4n) is 4.41. The van der Waals surface area contributed by atoms with Crippen molar-refractivity contribution in [1.82, 2.24) is 5.32 Å². The van der Waals surface area contributed by atoms with Crippen LogP contribution in [0.1, 0.15) is 38.9 Å². The average molecular weight is 492 g/mol. The van der Waals surface area contributed by atoms with E-state index in [9.17, 15) is 19.5 Å². The van der Waals surface area contributed by atoms with Crippen molar-refractivity contribution in [1.29, 1.82) is 0 Å². The number of nitrogens with zero attached hydrogens (tertiary/aromatic N) is 1. The maximum absolute atomic E-state index is 12.8. The van der Waals surface area contributed by atoms with E-state index in [0.29, 0.717) is 29.3 Å². The molecular formula is C26H25N3O5S. The zero-order valence-electron chi connectivity index (χ0n) is 19.0. The number of hydrogen-bond donors (Lipinski definition) is 3. The number of rotatable bonds is 5. The van der Waals surface area contributed by atoms with Crippen LogP contribution in [0.4, 0.5) is 11.4 Å². The van der Waals surface area contributed by atoms with E-state index >= 15 is 0 Å². The molecule has 0 aliphatic carbocycles. The van der Waals surface area contributed by atoms with Crippen LogP contribution in [0.15, 0.2) is 53.9 Å². The highest BCUT2D eigenvalue weighted by molar-refractivity contribution is 7.12. The average Bonchev–Trinajstić information content (AvgIpc) is 3.58. The first-order valence-corrected chi connectivity index (χ1v) is 12.4. The molecule has 1 aromatic heterocycles. The van der Waals surface area contributed by atoms with Crippen molar-refractivity contribution in [3.8, 4) is 5.75 Å². The first-order valence-electron chi connectivity index (χ1n) is 11.5. The lowest BCUT2D eigenvalue weighted by Crippen LogP contribution is -2.38. The third-order valence-electron chi connectivity index (χ3n) is 6.19. The van der Waals surface area contributed by atoms with E-state index in [2.05, 4.69) is 10.6 Å². The van der Waals surface area contributed by atoms with Crippen molar-refractivity contribution in [2.24, 2.45) is 0 Å². The maximum Gasteiger partial charge on any atom is 0.313 e. The molecule has 9 heteroatoms. The predicted octanol–water partition coefficient (Wildman–Crippen LogP) is 3.06. The number of amides is 3. The van der Waals surface area contributed by atoms with E-state index in [-0.39, 0.29) is 12.5 Å². The molecule has 2 aromatic carbocycles. The van der Waals surface area contributed by atoms with Gasteiger partial charge >= 0.3 is 11.8 Å². The van der Waals surface area contributed by atoms with E-state index < -0.39 is 17.9 Å². The largest absolute Gasteiger partial charge is 0.493 e. The molecule has 3 heterocycles. The molecule has 3 N–H and O–H groups in total. The summed E-state index contributed by atoms with van der Waals surface area (Å²) in [6.07, 6.45) is 1.44. The maximum atomic E-state index is 12.8. The summed E-state index contributed by atoms with van der Waals surface area (Å²) in [7, 11) is 0. The predicted molar refractivity (Wildman–Crippen MR) is 133 cm³/mol. The van der Waals surface area contributed by atoms with Gasteiger partial charge in [0.2, 0.25) is 0 Å². The molecule has 0 unspecified atom stereocenters. The molecule has 1 atom stereocenters. The lowest BCUT2D eigenvalue weighted by molar-refractivity contribution is -0.136. The molecule has 35 heavy (non-hydrogen) atoms. The number of aliphatic hydroxyl groups is 1. The molecule has 0 saturated heterocycles. The normalized spacial score (nSPS) is 14.9. The van der Waals surface area contributed by atoms with Gasteiger partial charge in [0.15, 0.2) is 0 Å². The van der Waals surface area contributed by atoms with Crippen LogP contribution in [0.3, 0.4) is 0 Å². The molecule has 0 saturated carbocycles. The monoisotopic (exact) mass is 491 g/mol. The van der Waals surface area contributed by atoms with Crippen LogP contribution >= 0.6 is 11.3 Å². The van der Waals surface area contributed by atoms with Crippen LogP contribution in [0.5, 0.6) is 5.75 Å². The summed E-state index contributed by atoms with van der Waals surface area (Å²) < 4.78 is 5.47. The van der Waals surface area contributed by atoms with Gasteiger partial charge < -0.3 is 25.4 Å². The van der Waals surface area contributed by atoms with Gasteiger partial charge in [-0.15, -0.1) is 11.3 Å². The van der Waals surface area contributed by atoms with E-state index in [1.54, 1.807) is 35.2 Å². The van der Waals surface area contributed by atoms with Gasteiger partial charge in [0.05, 0.1) is 17.6 Å². The Morgan fingerprint density at radius 2 is 1.94 bits per heavy atom. The van der Waals surface area contributed by atoms with Gasteiger partial charge in [0.1, 0.15) is 5.75 Å². The summed E-state index contributed by atoms with van der Waals surface area (Å²) in [4.78, 5) is 40.0. The molecule has 3 amide bonds. The van der Waals surface area contributed by atoms with Crippen LogP contribution in [-0.4, -0.2) is 42.5 Å². The lowest BCUT2D eigenvalue weighted by Gasteiger charge is -2.29. The van der Waals surface area contributed by atoms with E-state index in [1.165, 1.54) is 11.3 Å². The fraction of sp³-hybridized carbons (Fsp3) is 0.269. The zero-order chi connectivity index (χ0) is 24.4. The molecule has 3 aromatic rings. The van der Waals surface area contributed by atoms with Crippen molar-refractivity contribution < 1.29 is 24.2 Å². The molecule has 5 rings (SSSR count). The zero-order valence-corrected chi connectivity index (χ0v) is 19.8. The second-order valence-corrected chi connectivity index (χ2v) is 9.47. The molecule has 0 spiro atoms. The van der Waals surface area contributed by atoms with Crippen LogP contribution in [0.25, 0.3) is 0 Å². The number of thiophene rings is 1. The first-order chi connectivity index (χ1) is 17.0. The number of benzene rings is 2. The number of nitrogens with one attached hydrogen (secondary N) is 2. The number of ether oxygens (including phenoxy) is 1. The Morgan fingerprint density at radius 3 is 2.77 bits per heavy atom. The molecule has 8 nitrogen and oxygen atoms in total. The number of anilines is 2. The SMILES string of the molecule is O=C(NC[C@@H](O)c1ccc2c(c1)CCO2)C(=O)Nc1ccc2c(c1)CCCN2C(=O)c1cccs1. The summed E-state index contributed by atoms with van der Waals surface area (Å²) in [5, 5.41) is 17.4. The van der Waals surface area contributed by atoms with Gasteiger partial charge in [-0.3, -0.25) is 14.4 Å². The summed E-state index contributed by atoms with van der Waals surface area (Å²) in [5.74, 6) is -0.873. The number of aliphatic hydroxyl groups excluding tert-OH is 1. The molecular weight excluding hydrogens is 466 g/mol. The highest BCUT2D eigenvalue weighted by Crippen LogP contribution is 2.32. The minimum Gasteiger partial charge on any atom is -0.493 e. The minimum absolute atomic E-state index is 0.0356. The fourth-order valence-corrected chi connectivity index (χ4v) is 5.08.